The molecule has 0 saturated heterocycles. The van der Waals surface area contributed by atoms with Crippen molar-refractivity contribution in [3.63, 3.8) is 0 Å². The maximum atomic E-state index is 12.6. The van der Waals surface area contributed by atoms with Gasteiger partial charge in [0.2, 0.25) is 5.89 Å². The highest BCUT2D eigenvalue weighted by molar-refractivity contribution is 6.34. The second kappa shape index (κ2) is 7.13. The van der Waals surface area contributed by atoms with E-state index in [1.54, 1.807) is 12.1 Å². The number of nitrogens with one attached hydrogen (secondary N) is 1. The van der Waals surface area contributed by atoms with Gasteiger partial charge in [-0.3, -0.25) is 4.79 Å². The lowest BCUT2D eigenvalue weighted by Crippen LogP contribution is -2.12. The van der Waals surface area contributed by atoms with Crippen molar-refractivity contribution in [2.45, 2.75) is 20.8 Å². The third-order valence-electron chi connectivity index (χ3n) is 4.56. The Labute approximate surface area is 168 Å². The van der Waals surface area contributed by atoms with Gasteiger partial charge < -0.3 is 9.73 Å². The monoisotopic (exact) mass is 390 g/mol. The highest BCUT2D eigenvalue weighted by Gasteiger charge is 2.14. The molecule has 140 valence electrons. The Balaban J connectivity index is 1.65. The van der Waals surface area contributed by atoms with Crippen LogP contribution in [0.5, 0.6) is 0 Å². The number of carbonyl (C=O) groups excluding carboxylic acids is 1. The van der Waals surface area contributed by atoms with Gasteiger partial charge in [-0.1, -0.05) is 29.8 Å². The van der Waals surface area contributed by atoms with Crippen LogP contribution in [0.1, 0.15) is 27.0 Å². The van der Waals surface area contributed by atoms with E-state index >= 15 is 0 Å². The molecule has 3 aromatic carbocycles. The van der Waals surface area contributed by atoms with Gasteiger partial charge in [0.15, 0.2) is 5.58 Å². The summed E-state index contributed by atoms with van der Waals surface area (Å²) < 4.78 is 5.97. The molecule has 5 heteroatoms. The van der Waals surface area contributed by atoms with Crippen molar-refractivity contribution in [3.05, 3.63) is 81.9 Å². The van der Waals surface area contributed by atoms with Crippen molar-refractivity contribution >= 4 is 34.3 Å². The molecule has 0 atom stereocenters. The van der Waals surface area contributed by atoms with E-state index in [1.165, 1.54) is 0 Å². The second-order valence-corrected chi connectivity index (χ2v) is 7.37. The van der Waals surface area contributed by atoms with Crippen LogP contribution in [0.25, 0.3) is 22.6 Å². The molecule has 0 fully saturated rings. The molecular formula is C23H19ClN2O2. The molecule has 0 bridgehead atoms. The Bertz CT molecular complexity index is 1210. The summed E-state index contributed by atoms with van der Waals surface area (Å²) in [6.45, 7) is 5.97. The Hall–Kier alpha value is -3.11. The lowest BCUT2D eigenvalue weighted by molar-refractivity contribution is 0.102. The molecule has 4 rings (SSSR count). The lowest BCUT2D eigenvalue weighted by Gasteiger charge is -2.08. The van der Waals surface area contributed by atoms with Crippen LogP contribution in [-0.2, 0) is 0 Å². The van der Waals surface area contributed by atoms with Gasteiger partial charge >= 0.3 is 0 Å². The van der Waals surface area contributed by atoms with E-state index in [9.17, 15) is 4.79 Å². The summed E-state index contributed by atoms with van der Waals surface area (Å²) >= 11 is 6.20. The van der Waals surface area contributed by atoms with Gasteiger partial charge in [0.25, 0.3) is 5.91 Å². The molecule has 0 aliphatic heterocycles. The smallest absolute Gasteiger partial charge is 0.257 e. The number of benzene rings is 3. The minimum atomic E-state index is -0.258. The van der Waals surface area contributed by atoms with Gasteiger partial charge in [-0.15, -0.1) is 0 Å². The lowest BCUT2D eigenvalue weighted by atomic mass is 10.1. The van der Waals surface area contributed by atoms with Gasteiger partial charge in [-0.25, -0.2) is 4.98 Å². The maximum absolute atomic E-state index is 12.6. The number of rotatable bonds is 3. The average Bonchev–Trinajstić information content (AvgIpc) is 3.06. The Kier molecular flexibility index (Phi) is 4.65. The molecule has 4 aromatic rings. The van der Waals surface area contributed by atoms with E-state index < -0.39 is 0 Å². The topological polar surface area (TPSA) is 55.1 Å². The van der Waals surface area contributed by atoms with Crippen molar-refractivity contribution in [2.75, 3.05) is 5.32 Å². The van der Waals surface area contributed by atoms with Crippen molar-refractivity contribution in [1.82, 2.24) is 4.98 Å². The zero-order chi connectivity index (χ0) is 19.8. The van der Waals surface area contributed by atoms with Crippen LogP contribution in [0, 0.1) is 20.8 Å². The number of oxazole rings is 1. The van der Waals surface area contributed by atoms with Gasteiger partial charge in [0.05, 0.1) is 10.6 Å². The first-order chi connectivity index (χ1) is 13.4. The highest BCUT2D eigenvalue weighted by Crippen LogP contribution is 2.29. The minimum absolute atomic E-state index is 0.258. The quantitative estimate of drug-likeness (QED) is 0.445. The van der Waals surface area contributed by atoms with Crippen LogP contribution in [0.4, 0.5) is 5.69 Å². The molecule has 1 heterocycles. The molecule has 0 spiro atoms. The standard InChI is InChI=1S/C23H19ClN2O2/c1-13-7-8-18(19(24)10-13)22(27)25-17-6-4-5-16(12-17)23-26-20-11-14(2)9-15(3)21(20)28-23/h4-12H,1-3H3,(H,25,27). The number of fused-ring (bicyclic) bond motifs is 1. The number of carbonyl (C=O) groups is 1. The summed E-state index contributed by atoms with van der Waals surface area (Å²) in [6, 6.07) is 16.8. The number of nitrogens with zero attached hydrogens (tertiary/aromatic N) is 1. The zero-order valence-corrected chi connectivity index (χ0v) is 16.6. The largest absolute Gasteiger partial charge is 0.436 e. The number of aryl methyl sites for hydroxylation is 3. The first kappa shape index (κ1) is 18.3. The number of hydrogen-bond acceptors (Lipinski definition) is 3. The van der Waals surface area contributed by atoms with Crippen molar-refractivity contribution in [2.24, 2.45) is 0 Å². The predicted octanol–water partition coefficient (Wildman–Crippen LogP) is 6.33. The third kappa shape index (κ3) is 3.51. The fourth-order valence-electron chi connectivity index (χ4n) is 3.23. The fraction of sp³-hybridized carbons (Fsp3) is 0.130. The van der Waals surface area contributed by atoms with Crippen LogP contribution >= 0.6 is 11.6 Å². The number of anilines is 1. The SMILES string of the molecule is Cc1ccc(C(=O)Nc2cccc(-c3nc4cc(C)cc(C)c4o3)c2)c(Cl)c1. The molecule has 1 amide bonds. The summed E-state index contributed by atoms with van der Waals surface area (Å²) in [6.07, 6.45) is 0. The van der Waals surface area contributed by atoms with E-state index in [-0.39, 0.29) is 5.91 Å². The van der Waals surface area contributed by atoms with E-state index in [0.29, 0.717) is 22.2 Å². The molecule has 1 N–H and O–H groups in total. The van der Waals surface area contributed by atoms with Crippen LogP contribution in [0.15, 0.2) is 59.0 Å². The van der Waals surface area contributed by atoms with Crippen LogP contribution in [0.3, 0.4) is 0 Å². The van der Waals surface area contributed by atoms with Crippen molar-refractivity contribution in [1.29, 1.82) is 0 Å². The van der Waals surface area contributed by atoms with E-state index in [4.69, 9.17) is 16.0 Å². The molecule has 0 aliphatic carbocycles. The normalized spacial score (nSPS) is 11.0. The highest BCUT2D eigenvalue weighted by atomic mass is 35.5. The van der Waals surface area contributed by atoms with E-state index in [0.717, 1.165) is 33.4 Å². The summed E-state index contributed by atoms with van der Waals surface area (Å²) in [5.74, 6) is 0.263. The predicted molar refractivity (Wildman–Crippen MR) is 113 cm³/mol. The summed E-state index contributed by atoms with van der Waals surface area (Å²) in [5, 5.41) is 3.32. The van der Waals surface area contributed by atoms with Crippen LogP contribution in [-0.4, -0.2) is 10.9 Å². The van der Waals surface area contributed by atoms with Gasteiger partial charge in [0, 0.05) is 11.3 Å². The average molecular weight is 391 g/mol. The number of amides is 1. The summed E-state index contributed by atoms with van der Waals surface area (Å²) in [5.41, 5.74) is 6.67. The van der Waals surface area contributed by atoms with Gasteiger partial charge in [0.1, 0.15) is 5.52 Å². The molecule has 0 saturated carbocycles. The molecule has 0 aliphatic rings. The van der Waals surface area contributed by atoms with Crippen LogP contribution < -0.4 is 5.32 Å². The van der Waals surface area contributed by atoms with Gasteiger partial charge in [-0.2, -0.15) is 0 Å². The molecule has 28 heavy (non-hydrogen) atoms. The molecule has 1 aromatic heterocycles. The van der Waals surface area contributed by atoms with Crippen molar-refractivity contribution in [3.8, 4) is 11.5 Å². The maximum Gasteiger partial charge on any atom is 0.257 e. The van der Waals surface area contributed by atoms with Gasteiger partial charge in [-0.05, 0) is 73.9 Å². The first-order valence-electron chi connectivity index (χ1n) is 8.96. The number of halogens is 1. The summed E-state index contributed by atoms with van der Waals surface area (Å²) in [7, 11) is 0. The zero-order valence-electron chi connectivity index (χ0n) is 15.8. The Morgan fingerprint density at radius 3 is 2.61 bits per heavy atom. The Morgan fingerprint density at radius 1 is 1.00 bits per heavy atom. The van der Waals surface area contributed by atoms with E-state index in [1.807, 2.05) is 57.2 Å². The molecule has 4 nitrogen and oxygen atoms in total. The van der Waals surface area contributed by atoms with E-state index in [2.05, 4.69) is 16.4 Å². The molecule has 0 unspecified atom stereocenters. The third-order valence-corrected chi connectivity index (χ3v) is 4.87. The molecular weight excluding hydrogens is 372 g/mol. The first-order valence-corrected chi connectivity index (χ1v) is 9.34. The minimum Gasteiger partial charge on any atom is -0.436 e. The van der Waals surface area contributed by atoms with Crippen molar-refractivity contribution < 1.29 is 9.21 Å². The van der Waals surface area contributed by atoms with Crippen LogP contribution in [0.2, 0.25) is 5.02 Å². The summed E-state index contributed by atoms with van der Waals surface area (Å²) in [4.78, 5) is 17.2. The Morgan fingerprint density at radius 2 is 1.82 bits per heavy atom. The molecule has 0 radical (unpaired) electrons. The fourth-order valence-corrected chi connectivity index (χ4v) is 3.55. The number of aromatic nitrogens is 1. The number of hydrogen-bond donors (Lipinski definition) is 1. The second-order valence-electron chi connectivity index (χ2n) is 6.97.